The predicted octanol–water partition coefficient (Wildman–Crippen LogP) is 1.58. The van der Waals surface area contributed by atoms with Crippen LogP contribution in [0, 0.1) is 10.1 Å². The number of nitro groups is 1. The molecule has 11 heteroatoms. The van der Waals surface area contributed by atoms with E-state index in [9.17, 15) is 28.1 Å². The fourth-order valence-corrected chi connectivity index (χ4v) is 3.27. The van der Waals surface area contributed by atoms with E-state index in [0.29, 0.717) is 5.56 Å². The number of sulfonamides is 1. The van der Waals surface area contributed by atoms with Gasteiger partial charge < -0.3 is 10.2 Å². The lowest BCUT2D eigenvalue weighted by Crippen LogP contribution is -2.46. The summed E-state index contributed by atoms with van der Waals surface area (Å²) in [6.45, 7) is 3.25. The minimum absolute atomic E-state index is 0.0370. The van der Waals surface area contributed by atoms with Gasteiger partial charge in [-0.05, 0) is 37.6 Å². The van der Waals surface area contributed by atoms with Gasteiger partial charge in [-0.1, -0.05) is 18.2 Å². The van der Waals surface area contributed by atoms with Crippen LogP contribution in [-0.4, -0.2) is 43.1 Å². The lowest BCUT2D eigenvalue weighted by molar-refractivity contribution is -0.384. The van der Waals surface area contributed by atoms with Gasteiger partial charge in [0.2, 0.25) is 15.9 Å². The highest BCUT2D eigenvalue weighted by molar-refractivity contribution is 7.89. The Morgan fingerprint density at radius 2 is 1.73 bits per heavy atom. The van der Waals surface area contributed by atoms with Crippen molar-refractivity contribution in [2.75, 3.05) is 7.05 Å². The Morgan fingerprint density at radius 1 is 1.13 bits per heavy atom. The molecule has 0 aliphatic rings. The van der Waals surface area contributed by atoms with Crippen LogP contribution in [0.1, 0.15) is 35.8 Å². The number of hydrogen-bond donors (Lipinski definition) is 2. The van der Waals surface area contributed by atoms with Gasteiger partial charge in [0.05, 0.1) is 15.9 Å². The van der Waals surface area contributed by atoms with Crippen molar-refractivity contribution >= 4 is 27.5 Å². The summed E-state index contributed by atoms with van der Waals surface area (Å²) in [4.78, 5) is 36.7. The van der Waals surface area contributed by atoms with Gasteiger partial charge >= 0.3 is 0 Å². The topological polar surface area (TPSA) is 153 Å². The van der Waals surface area contributed by atoms with Crippen molar-refractivity contribution in [1.82, 2.24) is 10.2 Å². The Kier molecular flexibility index (Phi) is 6.90. The van der Waals surface area contributed by atoms with Crippen LogP contribution < -0.4 is 10.5 Å². The molecule has 0 fully saturated rings. The van der Waals surface area contributed by atoms with Crippen molar-refractivity contribution in [3.05, 3.63) is 69.8 Å². The van der Waals surface area contributed by atoms with E-state index in [0.717, 1.165) is 6.07 Å². The average molecular weight is 434 g/mol. The van der Waals surface area contributed by atoms with E-state index < -0.39 is 38.8 Å². The molecule has 0 spiro atoms. The zero-order valence-electron chi connectivity index (χ0n) is 16.6. The SMILES string of the molecule is CC(NC(=O)c1cccc([N+](=O)[O-])c1)C(=O)N(C)C(C)c1ccc(S(N)(=O)=O)cc1. The summed E-state index contributed by atoms with van der Waals surface area (Å²) in [6.07, 6.45) is 0. The molecular weight excluding hydrogens is 412 g/mol. The fourth-order valence-electron chi connectivity index (χ4n) is 2.76. The molecule has 2 atom stereocenters. The molecule has 0 saturated heterocycles. The van der Waals surface area contributed by atoms with Gasteiger partial charge in [0.25, 0.3) is 11.6 Å². The maximum Gasteiger partial charge on any atom is 0.270 e. The Labute approximate surface area is 173 Å². The highest BCUT2D eigenvalue weighted by atomic mass is 32.2. The lowest BCUT2D eigenvalue weighted by Gasteiger charge is -2.28. The van der Waals surface area contributed by atoms with E-state index in [-0.39, 0.29) is 16.1 Å². The van der Waals surface area contributed by atoms with Crippen LogP contribution in [-0.2, 0) is 14.8 Å². The van der Waals surface area contributed by atoms with E-state index in [2.05, 4.69) is 5.32 Å². The second-order valence-electron chi connectivity index (χ2n) is 6.74. The first-order valence-electron chi connectivity index (χ1n) is 8.86. The van der Waals surface area contributed by atoms with Crippen molar-refractivity contribution in [1.29, 1.82) is 0 Å². The number of amides is 2. The minimum atomic E-state index is -3.81. The van der Waals surface area contributed by atoms with Crippen molar-refractivity contribution in [2.45, 2.75) is 30.8 Å². The third-order valence-corrected chi connectivity index (χ3v) is 5.59. The van der Waals surface area contributed by atoms with Crippen molar-refractivity contribution in [3.63, 3.8) is 0 Å². The lowest BCUT2D eigenvalue weighted by atomic mass is 10.1. The second kappa shape index (κ2) is 9.01. The number of nitrogens with one attached hydrogen (secondary N) is 1. The van der Waals surface area contributed by atoms with Crippen LogP contribution in [0.15, 0.2) is 53.4 Å². The molecule has 0 saturated carbocycles. The number of benzene rings is 2. The number of nitrogens with two attached hydrogens (primary N) is 1. The molecule has 2 amide bonds. The number of carbonyl (C=O) groups excluding carboxylic acids is 2. The summed E-state index contributed by atoms with van der Waals surface area (Å²) in [5.41, 5.74) is 0.518. The Balaban J connectivity index is 2.08. The Bertz CT molecular complexity index is 1070. The number of nitrogens with zero attached hydrogens (tertiary/aromatic N) is 2. The van der Waals surface area contributed by atoms with Gasteiger partial charge in [0, 0.05) is 24.7 Å². The summed E-state index contributed by atoms with van der Waals surface area (Å²) in [5.74, 6) is -1.00. The minimum Gasteiger partial charge on any atom is -0.341 e. The maximum atomic E-state index is 12.7. The molecule has 30 heavy (non-hydrogen) atoms. The zero-order valence-corrected chi connectivity index (χ0v) is 17.4. The van der Waals surface area contributed by atoms with Crippen LogP contribution in [0.5, 0.6) is 0 Å². The highest BCUT2D eigenvalue weighted by Gasteiger charge is 2.25. The quantitative estimate of drug-likeness (QED) is 0.498. The number of hydrogen-bond acceptors (Lipinski definition) is 6. The largest absolute Gasteiger partial charge is 0.341 e. The summed E-state index contributed by atoms with van der Waals surface area (Å²) >= 11 is 0. The zero-order chi connectivity index (χ0) is 22.6. The van der Waals surface area contributed by atoms with Crippen LogP contribution in [0.4, 0.5) is 5.69 Å². The smallest absolute Gasteiger partial charge is 0.270 e. The third kappa shape index (κ3) is 5.39. The number of primary sulfonamides is 1. The summed E-state index contributed by atoms with van der Waals surface area (Å²) in [5, 5.41) is 18.5. The molecule has 2 aromatic rings. The van der Waals surface area contributed by atoms with Crippen LogP contribution in [0.25, 0.3) is 0 Å². The maximum absolute atomic E-state index is 12.7. The summed E-state index contributed by atoms with van der Waals surface area (Å²) in [6, 6.07) is 9.71. The van der Waals surface area contributed by atoms with E-state index in [1.165, 1.54) is 42.2 Å². The first kappa shape index (κ1) is 23.0. The van der Waals surface area contributed by atoms with Crippen molar-refractivity contribution in [3.8, 4) is 0 Å². The normalized spacial score (nSPS) is 13.2. The standard InChI is InChI=1S/C19H22N4O6S/c1-12(21-18(24)15-5-4-6-16(11-15)23(26)27)19(25)22(3)13(2)14-7-9-17(10-8-14)30(20,28)29/h4-13H,1-3H3,(H,21,24)(H2,20,28,29). The molecule has 0 radical (unpaired) electrons. The molecular formula is C19H22N4O6S. The fraction of sp³-hybridized carbons (Fsp3) is 0.263. The van der Waals surface area contributed by atoms with Crippen molar-refractivity contribution < 1.29 is 22.9 Å². The van der Waals surface area contributed by atoms with Crippen LogP contribution >= 0.6 is 0 Å². The van der Waals surface area contributed by atoms with E-state index in [1.807, 2.05) is 0 Å². The predicted molar refractivity (Wildman–Crippen MR) is 109 cm³/mol. The molecule has 0 aromatic heterocycles. The van der Waals surface area contributed by atoms with E-state index >= 15 is 0 Å². The van der Waals surface area contributed by atoms with E-state index in [4.69, 9.17) is 5.14 Å². The molecule has 0 aliphatic carbocycles. The number of nitro benzene ring substituents is 1. The first-order valence-corrected chi connectivity index (χ1v) is 10.4. The molecule has 0 heterocycles. The van der Waals surface area contributed by atoms with Gasteiger partial charge in [0.1, 0.15) is 6.04 Å². The molecule has 160 valence electrons. The van der Waals surface area contributed by atoms with Gasteiger partial charge in [-0.2, -0.15) is 0 Å². The van der Waals surface area contributed by atoms with Crippen LogP contribution in [0.2, 0.25) is 0 Å². The third-order valence-electron chi connectivity index (χ3n) is 4.66. The molecule has 2 unspecified atom stereocenters. The molecule has 2 rings (SSSR count). The second-order valence-corrected chi connectivity index (χ2v) is 8.30. The van der Waals surface area contributed by atoms with Gasteiger partial charge in [-0.25, -0.2) is 13.6 Å². The summed E-state index contributed by atoms with van der Waals surface area (Å²) in [7, 11) is -2.26. The Morgan fingerprint density at radius 3 is 2.27 bits per heavy atom. The number of carbonyl (C=O) groups is 2. The summed E-state index contributed by atoms with van der Waals surface area (Å²) < 4.78 is 22.7. The molecule has 3 N–H and O–H groups in total. The van der Waals surface area contributed by atoms with Gasteiger partial charge in [0.15, 0.2) is 0 Å². The molecule has 0 bridgehead atoms. The monoisotopic (exact) mass is 434 g/mol. The number of non-ortho nitro benzene ring substituents is 1. The molecule has 0 aliphatic heterocycles. The van der Waals surface area contributed by atoms with Gasteiger partial charge in [-0.15, -0.1) is 0 Å². The number of rotatable bonds is 7. The molecule has 2 aromatic carbocycles. The average Bonchev–Trinajstić information content (AvgIpc) is 2.71. The van der Waals surface area contributed by atoms with Gasteiger partial charge in [-0.3, -0.25) is 19.7 Å². The highest BCUT2D eigenvalue weighted by Crippen LogP contribution is 2.21. The first-order chi connectivity index (χ1) is 13.9. The molecule has 10 nitrogen and oxygen atoms in total. The number of likely N-dealkylation sites (N-methyl/N-ethyl adjacent to an activating group) is 1. The Hall–Kier alpha value is -3.31. The van der Waals surface area contributed by atoms with Crippen LogP contribution in [0.3, 0.4) is 0 Å². The van der Waals surface area contributed by atoms with Crippen molar-refractivity contribution in [2.24, 2.45) is 5.14 Å². The van der Waals surface area contributed by atoms with E-state index in [1.54, 1.807) is 26.1 Å².